The van der Waals surface area contributed by atoms with Crippen molar-refractivity contribution < 1.29 is 0 Å². The Labute approximate surface area is 164 Å². The van der Waals surface area contributed by atoms with Crippen molar-refractivity contribution in [3.8, 4) is 0 Å². The monoisotopic (exact) mass is 384 g/mol. The lowest BCUT2D eigenvalue weighted by atomic mass is 10.1. The second kappa shape index (κ2) is 8.41. The summed E-state index contributed by atoms with van der Waals surface area (Å²) >= 11 is 6.06. The second-order valence-corrected chi connectivity index (χ2v) is 7.05. The van der Waals surface area contributed by atoms with Crippen LogP contribution in [0.3, 0.4) is 0 Å². The maximum Gasteiger partial charge on any atom is 0.201 e. The molecule has 2 aromatic rings. The number of nitrogens with one attached hydrogen (secondary N) is 2. The van der Waals surface area contributed by atoms with Crippen LogP contribution in [-0.2, 0) is 6.42 Å². The Hall–Kier alpha value is -2.57. The van der Waals surface area contributed by atoms with Gasteiger partial charge in [-0.3, -0.25) is 11.1 Å². The van der Waals surface area contributed by atoms with Crippen molar-refractivity contribution in [2.75, 3.05) is 0 Å². The van der Waals surface area contributed by atoms with E-state index in [1.54, 1.807) is 0 Å². The molecule has 0 fully saturated rings. The number of aliphatic imine (C=N–C) groups is 2. The predicted molar refractivity (Wildman–Crippen MR) is 111 cm³/mol. The lowest BCUT2D eigenvalue weighted by molar-refractivity contribution is 0.368. The highest BCUT2D eigenvalue weighted by atomic mass is 35.5. The molecule has 2 aromatic carbocycles. The molecule has 0 radical (unpaired) electrons. The van der Waals surface area contributed by atoms with Crippen LogP contribution in [-0.4, -0.2) is 17.7 Å². The Morgan fingerprint density at radius 3 is 2.67 bits per heavy atom. The Morgan fingerprint density at radius 2 is 1.96 bits per heavy atom. The van der Waals surface area contributed by atoms with Gasteiger partial charge in [-0.2, -0.15) is 0 Å². The quantitative estimate of drug-likeness (QED) is 0.615. The van der Waals surface area contributed by atoms with Crippen LogP contribution >= 0.6 is 11.6 Å². The molecule has 6 nitrogen and oxygen atoms in total. The number of benzene rings is 2. The molecule has 0 amide bonds. The van der Waals surface area contributed by atoms with Gasteiger partial charge < -0.3 is 11.1 Å². The first kappa shape index (κ1) is 19.2. The molecule has 3 rings (SSSR count). The SMILES string of the molecule is CC[C@H](N=C1NC(N)=NC(N)(CCc2cccc(Cl)c2)N1)c1ccccc1. The minimum atomic E-state index is -1.02. The standard InChI is InChI=1S/C20H25ClN6/c1-2-17(15-8-4-3-5-9-15)24-19-25-18(22)26-20(23,27-19)12-11-14-7-6-10-16(21)13-14/h3-10,13,17H,2,11-12,23H2,1H3,(H4,22,24,25,26,27)/t17-,20?/m0/s1. The van der Waals surface area contributed by atoms with E-state index in [9.17, 15) is 0 Å². The minimum absolute atomic E-state index is 0.00396. The van der Waals surface area contributed by atoms with Gasteiger partial charge in [-0.15, -0.1) is 0 Å². The minimum Gasteiger partial charge on any atom is -0.370 e. The summed E-state index contributed by atoms with van der Waals surface area (Å²) in [5.74, 6) is -0.235. The summed E-state index contributed by atoms with van der Waals surface area (Å²) in [4.78, 5) is 9.12. The molecule has 1 unspecified atom stereocenters. The zero-order valence-corrected chi connectivity index (χ0v) is 16.1. The van der Waals surface area contributed by atoms with Gasteiger partial charge in [-0.25, -0.2) is 9.98 Å². The third-order valence-electron chi connectivity index (χ3n) is 4.44. The number of hydrogen-bond acceptors (Lipinski definition) is 4. The fourth-order valence-corrected chi connectivity index (χ4v) is 3.28. The smallest absolute Gasteiger partial charge is 0.201 e. The van der Waals surface area contributed by atoms with E-state index in [0.29, 0.717) is 23.8 Å². The highest BCUT2D eigenvalue weighted by molar-refractivity contribution is 6.30. The fourth-order valence-electron chi connectivity index (χ4n) is 3.07. The van der Waals surface area contributed by atoms with E-state index in [0.717, 1.165) is 17.5 Å². The largest absolute Gasteiger partial charge is 0.370 e. The summed E-state index contributed by atoms with van der Waals surface area (Å²) in [6, 6.07) is 17.9. The number of nitrogens with zero attached hydrogens (tertiary/aromatic N) is 2. The molecule has 6 N–H and O–H groups in total. The van der Waals surface area contributed by atoms with Crippen molar-refractivity contribution in [2.45, 2.75) is 38.0 Å². The highest BCUT2D eigenvalue weighted by Crippen LogP contribution is 2.21. The molecule has 7 heteroatoms. The zero-order valence-electron chi connectivity index (χ0n) is 15.3. The van der Waals surface area contributed by atoms with Crippen molar-refractivity contribution in [1.29, 1.82) is 0 Å². The first-order chi connectivity index (χ1) is 13.0. The van der Waals surface area contributed by atoms with Crippen molar-refractivity contribution in [1.82, 2.24) is 10.6 Å². The van der Waals surface area contributed by atoms with E-state index in [1.165, 1.54) is 0 Å². The van der Waals surface area contributed by atoms with E-state index in [2.05, 4.69) is 34.7 Å². The highest BCUT2D eigenvalue weighted by Gasteiger charge is 2.30. The van der Waals surface area contributed by atoms with Gasteiger partial charge in [0.2, 0.25) is 5.96 Å². The number of aryl methyl sites for hydroxylation is 1. The molecule has 0 bridgehead atoms. The molecule has 142 valence electrons. The van der Waals surface area contributed by atoms with E-state index in [-0.39, 0.29) is 12.0 Å². The summed E-state index contributed by atoms with van der Waals surface area (Å²) in [5, 5.41) is 6.88. The summed E-state index contributed by atoms with van der Waals surface area (Å²) in [6.45, 7) is 2.09. The Balaban J connectivity index is 1.75. The first-order valence-electron chi connectivity index (χ1n) is 9.04. The predicted octanol–water partition coefficient (Wildman–Crippen LogP) is 2.90. The lowest BCUT2D eigenvalue weighted by Gasteiger charge is -2.33. The molecule has 1 aliphatic rings. The van der Waals surface area contributed by atoms with E-state index < -0.39 is 5.79 Å². The van der Waals surface area contributed by atoms with Crippen molar-refractivity contribution in [3.05, 3.63) is 70.7 Å². The van der Waals surface area contributed by atoms with Crippen LogP contribution < -0.4 is 22.1 Å². The van der Waals surface area contributed by atoms with Gasteiger partial charge in [0.05, 0.1) is 6.04 Å². The van der Waals surface area contributed by atoms with Crippen LogP contribution in [0.4, 0.5) is 0 Å². The fraction of sp³-hybridized carbons (Fsp3) is 0.300. The van der Waals surface area contributed by atoms with Crippen LogP contribution in [0.1, 0.15) is 36.9 Å². The topological polar surface area (TPSA) is 101 Å². The Bertz CT molecular complexity index is 835. The van der Waals surface area contributed by atoms with Crippen LogP contribution in [0.25, 0.3) is 0 Å². The van der Waals surface area contributed by atoms with Crippen LogP contribution in [0.15, 0.2) is 64.6 Å². The van der Waals surface area contributed by atoms with E-state index >= 15 is 0 Å². The molecule has 1 heterocycles. The van der Waals surface area contributed by atoms with Gasteiger partial charge in [0.15, 0.2) is 11.7 Å². The van der Waals surface area contributed by atoms with Gasteiger partial charge >= 0.3 is 0 Å². The summed E-state index contributed by atoms with van der Waals surface area (Å²) in [5.41, 5.74) is 14.6. The molecule has 27 heavy (non-hydrogen) atoms. The molecular formula is C20H25ClN6. The van der Waals surface area contributed by atoms with Crippen molar-refractivity contribution >= 4 is 23.5 Å². The maximum atomic E-state index is 6.45. The van der Waals surface area contributed by atoms with Gasteiger partial charge in [0.25, 0.3) is 0 Å². The van der Waals surface area contributed by atoms with Crippen molar-refractivity contribution in [2.24, 2.45) is 21.5 Å². The number of nitrogens with two attached hydrogens (primary N) is 2. The lowest BCUT2D eigenvalue weighted by Crippen LogP contribution is -2.65. The third kappa shape index (κ3) is 5.21. The molecule has 0 saturated heterocycles. The molecule has 0 aromatic heterocycles. The molecule has 2 atom stereocenters. The normalized spacial score (nSPS) is 21.9. The maximum absolute atomic E-state index is 6.45. The van der Waals surface area contributed by atoms with Crippen LogP contribution in [0, 0.1) is 0 Å². The van der Waals surface area contributed by atoms with Gasteiger partial charge in [0.1, 0.15) is 0 Å². The van der Waals surface area contributed by atoms with Crippen LogP contribution in [0.2, 0.25) is 5.02 Å². The average Bonchev–Trinajstić information content (AvgIpc) is 2.65. The Kier molecular flexibility index (Phi) is 5.98. The summed E-state index contributed by atoms with van der Waals surface area (Å²) in [6.07, 6.45) is 2.12. The zero-order chi connectivity index (χ0) is 19.3. The first-order valence-corrected chi connectivity index (χ1v) is 9.42. The summed E-state index contributed by atoms with van der Waals surface area (Å²) in [7, 11) is 0. The molecule has 1 aliphatic heterocycles. The molecule has 0 aliphatic carbocycles. The number of guanidine groups is 2. The molecule has 0 spiro atoms. The van der Waals surface area contributed by atoms with Gasteiger partial charge in [-0.05, 0) is 36.1 Å². The number of rotatable bonds is 6. The number of halogens is 1. The van der Waals surface area contributed by atoms with Gasteiger partial charge in [-0.1, -0.05) is 61.0 Å². The second-order valence-electron chi connectivity index (χ2n) is 6.61. The van der Waals surface area contributed by atoms with E-state index in [4.69, 9.17) is 28.1 Å². The van der Waals surface area contributed by atoms with Gasteiger partial charge in [0, 0.05) is 11.4 Å². The Morgan fingerprint density at radius 1 is 1.19 bits per heavy atom. The average molecular weight is 385 g/mol. The molecule has 0 saturated carbocycles. The molecular weight excluding hydrogens is 360 g/mol. The third-order valence-corrected chi connectivity index (χ3v) is 4.68. The summed E-state index contributed by atoms with van der Waals surface area (Å²) < 4.78 is 0. The number of hydrogen-bond donors (Lipinski definition) is 4. The van der Waals surface area contributed by atoms with Crippen LogP contribution in [0.5, 0.6) is 0 Å². The van der Waals surface area contributed by atoms with E-state index in [1.807, 2.05) is 42.5 Å². The van der Waals surface area contributed by atoms with Crippen molar-refractivity contribution in [3.63, 3.8) is 0 Å².